The monoisotopic (exact) mass is 981 g/mol. The van der Waals surface area contributed by atoms with Gasteiger partial charge in [0.15, 0.2) is 6.10 Å². The van der Waals surface area contributed by atoms with E-state index in [4.69, 9.17) is 14.2 Å². The Bertz CT molecular complexity index is 1550. The molecule has 0 heterocycles. The lowest BCUT2D eigenvalue weighted by atomic mass is 10.1. The summed E-state index contributed by atoms with van der Waals surface area (Å²) in [6.07, 6.45) is 81.7. The van der Waals surface area contributed by atoms with E-state index in [1.54, 1.807) is 0 Å². The summed E-state index contributed by atoms with van der Waals surface area (Å²) in [4.78, 5) is 38.0. The molecule has 6 nitrogen and oxygen atoms in total. The predicted molar refractivity (Wildman–Crippen MR) is 306 cm³/mol. The zero-order chi connectivity index (χ0) is 51.4. The minimum absolute atomic E-state index is 0.0960. The number of ether oxygens (including phenoxy) is 3. The highest BCUT2D eigenvalue weighted by Gasteiger charge is 2.19. The fourth-order valence-electron chi connectivity index (χ4n) is 7.41. The van der Waals surface area contributed by atoms with E-state index in [-0.39, 0.29) is 31.1 Å². The van der Waals surface area contributed by atoms with Crippen LogP contribution in [0.3, 0.4) is 0 Å². The van der Waals surface area contributed by atoms with E-state index >= 15 is 0 Å². The Labute approximate surface area is 436 Å². The Morgan fingerprint density at radius 1 is 0.296 bits per heavy atom. The molecule has 0 rings (SSSR count). The third-order valence-corrected chi connectivity index (χ3v) is 11.7. The molecule has 0 aromatic carbocycles. The smallest absolute Gasteiger partial charge is 0.306 e. The second-order valence-corrected chi connectivity index (χ2v) is 18.4. The van der Waals surface area contributed by atoms with E-state index in [9.17, 15) is 14.4 Å². The molecule has 0 aromatic heterocycles. The molecular weight excluding hydrogens is 877 g/mol. The Hall–Kier alpha value is -4.45. The second-order valence-electron chi connectivity index (χ2n) is 18.4. The molecular formula is C65H104O6. The third-order valence-electron chi connectivity index (χ3n) is 11.7. The summed E-state index contributed by atoms with van der Waals surface area (Å²) in [5.41, 5.74) is 0. The van der Waals surface area contributed by atoms with Gasteiger partial charge in [-0.25, -0.2) is 0 Å². The third kappa shape index (κ3) is 56.3. The maximum absolute atomic E-state index is 12.8. The van der Waals surface area contributed by atoms with Crippen LogP contribution in [0, 0.1) is 0 Å². The Morgan fingerprint density at radius 2 is 0.549 bits per heavy atom. The molecule has 0 bridgehead atoms. The molecule has 0 N–H and O–H groups in total. The van der Waals surface area contributed by atoms with Gasteiger partial charge in [0.05, 0.1) is 0 Å². The van der Waals surface area contributed by atoms with Gasteiger partial charge in [-0.05, 0) is 116 Å². The maximum atomic E-state index is 12.8. The molecule has 0 aromatic rings. The van der Waals surface area contributed by atoms with E-state index < -0.39 is 6.10 Å². The van der Waals surface area contributed by atoms with Crippen LogP contribution in [0.15, 0.2) is 134 Å². The molecule has 0 fully saturated rings. The Balaban J connectivity index is 4.33. The first kappa shape index (κ1) is 66.6. The Morgan fingerprint density at radius 3 is 0.859 bits per heavy atom. The van der Waals surface area contributed by atoms with Crippen molar-refractivity contribution in [2.24, 2.45) is 0 Å². The summed E-state index contributed by atoms with van der Waals surface area (Å²) in [5.74, 6) is -0.947. The largest absolute Gasteiger partial charge is 0.462 e. The van der Waals surface area contributed by atoms with Gasteiger partial charge in [0.2, 0.25) is 0 Å². The van der Waals surface area contributed by atoms with Gasteiger partial charge in [0.1, 0.15) is 13.2 Å². The first-order valence-electron chi connectivity index (χ1n) is 28.7. The summed E-state index contributed by atoms with van der Waals surface area (Å²) in [7, 11) is 0. The molecule has 71 heavy (non-hydrogen) atoms. The molecule has 0 aliphatic heterocycles. The van der Waals surface area contributed by atoms with Gasteiger partial charge in [-0.1, -0.05) is 238 Å². The number of carbonyl (C=O) groups excluding carboxylic acids is 3. The van der Waals surface area contributed by atoms with Crippen molar-refractivity contribution >= 4 is 17.9 Å². The second kappa shape index (κ2) is 58.1. The van der Waals surface area contributed by atoms with Crippen molar-refractivity contribution in [3.05, 3.63) is 134 Å². The number of esters is 3. The van der Waals surface area contributed by atoms with Crippen LogP contribution in [-0.2, 0) is 28.6 Å². The van der Waals surface area contributed by atoms with Gasteiger partial charge in [-0.3, -0.25) is 14.4 Å². The van der Waals surface area contributed by atoms with Crippen molar-refractivity contribution in [3.8, 4) is 0 Å². The average molecular weight is 982 g/mol. The maximum Gasteiger partial charge on any atom is 0.306 e. The molecule has 0 radical (unpaired) electrons. The van der Waals surface area contributed by atoms with Crippen molar-refractivity contribution in [2.45, 2.75) is 245 Å². The lowest BCUT2D eigenvalue weighted by molar-refractivity contribution is -0.167. The van der Waals surface area contributed by atoms with Crippen LogP contribution in [0.4, 0.5) is 0 Å². The number of hydrogen-bond acceptors (Lipinski definition) is 6. The Kier molecular flexibility index (Phi) is 54.5. The fraction of sp³-hybridized carbons (Fsp3) is 0.615. The lowest BCUT2D eigenvalue weighted by Crippen LogP contribution is -2.30. The fourth-order valence-corrected chi connectivity index (χ4v) is 7.41. The molecule has 0 saturated heterocycles. The molecule has 0 saturated carbocycles. The standard InChI is InChI=1S/C65H104O6/c1-4-7-10-13-16-19-21-23-25-26-27-28-29-30-31-32-33-34-35-36-37-38-40-41-43-46-49-52-55-58-64(67)70-61-62(60-69-63(66)57-54-51-48-45-18-15-12-9-6-3)71-65(68)59-56-53-50-47-44-42-39-24-22-20-17-14-11-8-5-2/h7-8,10-11,16-17,19-20,23-25,27-28,30-31,33-34,36-37,39-41,62H,4-6,9,12-15,18,21-22,26,29,32,35,38,42-61H2,1-3H3/b10-7-,11-8-,19-16-,20-17-,25-23-,28-27-,31-30-,34-33-,37-36-,39-24-,41-40-. The quantitative estimate of drug-likeness (QED) is 0.0262. The van der Waals surface area contributed by atoms with Gasteiger partial charge >= 0.3 is 17.9 Å². The highest BCUT2D eigenvalue weighted by atomic mass is 16.6. The van der Waals surface area contributed by atoms with Crippen LogP contribution in [0.5, 0.6) is 0 Å². The van der Waals surface area contributed by atoms with Crippen molar-refractivity contribution in [2.75, 3.05) is 13.2 Å². The summed E-state index contributed by atoms with van der Waals surface area (Å²) >= 11 is 0. The molecule has 1 atom stereocenters. The lowest BCUT2D eigenvalue weighted by Gasteiger charge is -2.18. The van der Waals surface area contributed by atoms with Crippen molar-refractivity contribution in [1.82, 2.24) is 0 Å². The summed E-state index contributed by atoms with van der Waals surface area (Å²) in [6, 6.07) is 0. The minimum atomic E-state index is -0.800. The van der Waals surface area contributed by atoms with E-state index in [2.05, 4.69) is 154 Å². The summed E-state index contributed by atoms with van der Waals surface area (Å²) < 4.78 is 16.8. The number of unbranched alkanes of at least 4 members (excludes halogenated alkanes) is 17. The number of allylic oxidation sites excluding steroid dienone is 22. The van der Waals surface area contributed by atoms with Gasteiger partial charge < -0.3 is 14.2 Å². The topological polar surface area (TPSA) is 78.9 Å². The number of hydrogen-bond donors (Lipinski definition) is 0. The summed E-state index contributed by atoms with van der Waals surface area (Å²) in [6.45, 7) is 6.34. The highest BCUT2D eigenvalue weighted by molar-refractivity contribution is 5.71. The van der Waals surface area contributed by atoms with Crippen LogP contribution >= 0.6 is 0 Å². The normalized spacial score (nSPS) is 13.1. The van der Waals surface area contributed by atoms with Gasteiger partial charge in [-0.2, -0.15) is 0 Å². The molecule has 0 amide bonds. The van der Waals surface area contributed by atoms with E-state index in [0.29, 0.717) is 19.3 Å². The number of rotatable bonds is 50. The molecule has 0 aliphatic rings. The number of carbonyl (C=O) groups is 3. The van der Waals surface area contributed by atoms with Crippen LogP contribution in [-0.4, -0.2) is 37.2 Å². The zero-order valence-corrected chi connectivity index (χ0v) is 45.7. The van der Waals surface area contributed by atoms with E-state index in [1.807, 2.05) is 0 Å². The first-order chi connectivity index (χ1) is 35.0. The molecule has 400 valence electrons. The van der Waals surface area contributed by atoms with Crippen LogP contribution < -0.4 is 0 Å². The van der Waals surface area contributed by atoms with Gasteiger partial charge in [0, 0.05) is 19.3 Å². The zero-order valence-electron chi connectivity index (χ0n) is 45.7. The van der Waals surface area contributed by atoms with Crippen LogP contribution in [0.1, 0.15) is 239 Å². The minimum Gasteiger partial charge on any atom is -0.462 e. The van der Waals surface area contributed by atoms with Crippen molar-refractivity contribution in [3.63, 3.8) is 0 Å². The predicted octanol–water partition coefficient (Wildman–Crippen LogP) is 19.4. The SMILES string of the molecule is CC/C=C\C/C=C\C/C=C\C/C=C\C/C=C\C/C=C\C/C=C\C/C=C\CCCCCCC(=O)OCC(COC(=O)CCCCCCCCCCC)OC(=O)CCCCCCC/C=C\C/C=C\C/C=C\CC. The van der Waals surface area contributed by atoms with Crippen LogP contribution in [0.25, 0.3) is 0 Å². The van der Waals surface area contributed by atoms with Gasteiger partial charge in [-0.15, -0.1) is 0 Å². The van der Waals surface area contributed by atoms with E-state index in [1.165, 1.54) is 38.5 Å². The molecule has 1 unspecified atom stereocenters. The highest BCUT2D eigenvalue weighted by Crippen LogP contribution is 2.14. The van der Waals surface area contributed by atoms with Gasteiger partial charge in [0.25, 0.3) is 0 Å². The summed E-state index contributed by atoms with van der Waals surface area (Å²) in [5, 5.41) is 0. The molecule has 6 heteroatoms. The average Bonchev–Trinajstić information content (AvgIpc) is 3.37. The van der Waals surface area contributed by atoms with Crippen LogP contribution in [0.2, 0.25) is 0 Å². The van der Waals surface area contributed by atoms with E-state index in [0.717, 1.165) is 161 Å². The van der Waals surface area contributed by atoms with Crippen molar-refractivity contribution < 1.29 is 28.6 Å². The van der Waals surface area contributed by atoms with Crippen molar-refractivity contribution in [1.29, 1.82) is 0 Å². The molecule has 0 spiro atoms. The molecule has 0 aliphatic carbocycles. The first-order valence-corrected chi connectivity index (χ1v) is 28.7.